The zero-order valence-corrected chi connectivity index (χ0v) is 16.0. The van der Waals surface area contributed by atoms with Crippen LogP contribution in [0.2, 0.25) is 0 Å². The highest BCUT2D eigenvalue weighted by molar-refractivity contribution is 5.90. The fraction of sp³-hybridized carbons (Fsp3) is 0.688. The average molecular weight is 404 g/mol. The lowest BCUT2D eigenvalue weighted by molar-refractivity contribution is -0.132. The van der Waals surface area contributed by atoms with Crippen molar-refractivity contribution in [2.45, 2.75) is 31.8 Å². The molecule has 0 spiro atoms. The van der Waals surface area contributed by atoms with Crippen LogP contribution in [-0.2, 0) is 28.6 Å². The first-order valence-corrected chi connectivity index (χ1v) is 8.59. The summed E-state index contributed by atoms with van der Waals surface area (Å²) in [6.07, 6.45) is -2.68. The number of ketones is 1. The van der Waals surface area contributed by atoms with E-state index in [1.165, 1.54) is 14.1 Å². The van der Waals surface area contributed by atoms with E-state index in [0.29, 0.717) is 0 Å². The van der Waals surface area contributed by atoms with Crippen molar-refractivity contribution < 1.29 is 38.2 Å². The van der Waals surface area contributed by atoms with Gasteiger partial charge in [0, 0.05) is 45.9 Å². The van der Waals surface area contributed by atoms with Crippen LogP contribution >= 0.6 is 0 Å². The maximum absolute atomic E-state index is 12.3. The maximum atomic E-state index is 12.3. The molecule has 0 saturated heterocycles. The van der Waals surface area contributed by atoms with Crippen molar-refractivity contribution in [3.05, 3.63) is 0 Å². The number of hydrogen-bond donors (Lipinski definition) is 4. The van der Waals surface area contributed by atoms with Gasteiger partial charge in [0.25, 0.3) is 0 Å². The third kappa shape index (κ3) is 12.5. The van der Waals surface area contributed by atoms with Crippen molar-refractivity contribution >= 4 is 29.8 Å². The third-order valence-corrected chi connectivity index (χ3v) is 3.62. The van der Waals surface area contributed by atoms with Gasteiger partial charge in [0.05, 0.1) is 0 Å². The molecule has 0 aliphatic heterocycles. The van der Waals surface area contributed by atoms with Crippen molar-refractivity contribution in [2.75, 3.05) is 33.9 Å². The summed E-state index contributed by atoms with van der Waals surface area (Å²) in [4.78, 5) is 56.8. The van der Waals surface area contributed by atoms with E-state index in [-0.39, 0.29) is 63.1 Å². The van der Waals surface area contributed by atoms with E-state index in [1.807, 2.05) is 0 Å². The zero-order valence-electron chi connectivity index (χ0n) is 16.0. The molecular formula is C16H28N4O8. The molecule has 0 aromatic heterocycles. The molecule has 0 aromatic carbocycles. The van der Waals surface area contributed by atoms with Crippen LogP contribution in [0.15, 0.2) is 0 Å². The van der Waals surface area contributed by atoms with Crippen molar-refractivity contribution in [3.63, 3.8) is 0 Å². The van der Waals surface area contributed by atoms with Gasteiger partial charge in [0.15, 0.2) is 0 Å². The molecule has 0 atom stereocenters. The summed E-state index contributed by atoms with van der Waals surface area (Å²) >= 11 is 0. The fourth-order valence-electron chi connectivity index (χ4n) is 2.15. The van der Waals surface area contributed by atoms with Gasteiger partial charge in [-0.3, -0.25) is 14.4 Å². The van der Waals surface area contributed by atoms with Gasteiger partial charge in [-0.2, -0.15) is 0 Å². The Hall–Kier alpha value is -2.89. The number of hydrogen-bond acceptors (Lipinski definition) is 8. The van der Waals surface area contributed by atoms with Crippen LogP contribution in [0, 0.1) is 5.92 Å². The summed E-state index contributed by atoms with van der Waals surface area (Å²) in [6.45, 7) is -0.438. The van der Waals surface area contributed by atoms with Gasteiger partial charge in [-0.1, -0.05) is 0 Å². The van der Waals surface area contributed by atoms with Crippen LogP contribution in [0.25, 0.3) is 0 Å². The monoisotopic (exact) mass is 404 g/mol. The Morgan fingerprint density at radius 3 is 1.71 bits per heavy atom. The minimum absolute atomic E-state index is 0.0682. The average Bonchev–Trinajstić information content (AvgIpc) is 2.64. The van der Waals surface area contributed by atoms with E-state index in [2.05, 4.69) is 20.1 Å². The Bertz CT molecular complexity index is 519. The molecular weight excluding hydrogens is 376 g/mol. The van der Waals surface area contributed by atoms with Gasteiger partial charge in [-0.05, 0) is 6.42 Å². The lowest BCUT2D eigenvalue weighted by atomic mass is 9.92. The fourth-order valence-corrected chi connectivity index (χ4v) is 2.15. The second kappa shape index (κ2) is 14.2. The van der Waals surface area contributed by atoms with Crippen LogP contribution < -0.4 is 22.1 Å². The number of primary amides is 2. The van der Waals surface area contributed by atoms with Crippen molar-refractivity contribution in [1.82, 2.24) is 10.6 Å². The lowest BCUT2D eigenvalue weighted by Gasteiger charge is -2.17. The molecule has 0 radical (unpaired) electrons. The Morgan fingerprint density at radius 1 is 0.857 bits per heavy atom. The molecule has 0 aromatic rings. The van der Waals surface area contributed by atoms with E-state index in [0.717, 1.165) is 0 Å². The molecule has 0 aliphatic rings. The van der Waals surface area contributed by atoms with E-state index < -0.39 is 24.2 Å². The predicted octanol–water partition coefficient (Wildman–Crippen LogP) is -1.20. The van der Waals surface area contributed by atoms with E-state index in [4.69, 9.17) is 16.2 Å². The number of nitrogens with two attached hydrogens (primary N) is 2. The third-order valence-electron chi connectivity index (χ3n) is 3.62. The van der Waals surface area contributed by atoms with Gasteiger partial charge < -0.3 is 36.3 Å². The molecule has 0 saturated carbocycles. The summed E-state index contributed by atoms with van der Waals surface area (Å²) < 4.78 is 14.6. The van der Waals surface area contributed by atoms with E-state index in [1.54, 1.807) is 0 Å². The second-order valence-corrected chi connectivity index (χ2v) is 5.77. The Morgan fingerprint density at radius 2 is 1.32 bits per heavy atom. The summed E-state index contributed by atoms with van der Waals surface area (Å²) in [5.41, 5.74) is 9.74. The van der Waals surface area contributed by atoms with Crippen molar-refractivity contribution in [2.24, 2.45) is 17.4 Å². The minimum Gasteiger partial charge on any atom is -0.447 e. The van der Waals surface area contributed by atoms with Crippen LogP contribution in [-0.4, -0.2) is 69.8 Å². The van der Waals surface area contributed by atoms with Crippen LogP contribution in [0.5, 0.6) is 0 Å². The normalized spacial score (nSPS) is 10.4. The summed E-state index contributed by atoms with van der Waals surface area (Å²) in [5, 5.41) is 4.84. The molecule has 12 heteroatoms. The van der Waals surface area contributed by atoms with E-state index in [9.17, 15) is 24.0 Å². The van der Waals surface area contributed by atoms with Crippen molar-refractivity contribution in [3.8, 4) is 0 Å². The Balaban J connectivity index is 4.51. The predicted molar refractivity (Wildman–Crippen MR) is 95.9 cm³/mol. The largest absolute Gasteiger partial charge is 0.447 e. The number of rotatable bonds is 14. The molecule has 0 aliphatic carbocycles. The standard InChI is InChI=1S/C16H28N4O8/c1-19-13(22)6-10(7-14(23)20-2)12(21)4-3-5-26-11(8-27-15(17)24)9-28-16(18)25/h10-11H,3-9H2,1-2H3,(H2,17,24)(H2,18,25)(H,19,22)(H,20,23). The molecule has 12 nitrogen and oxygen atoms in total. The van der Waals surface area contributed by atoms with Crippen LogP contribution in [0.3, 0.4) is 0 Å². The minimum atomic E-state index is -1.02. The SMILES string of the molecule is CNC(=O)CC(CC(=O)NC)C(=O)CCCOC(COC(N)=O)COC(N)=O. The van der Waals surface area contributed by atoms with Crippen molar-refractivity contribution in [1.29, 1.82) is 0 Å². The van der Waals surface area contributed by atoms with Crippen LogP contribution in [0.1, 0.15) is 25.7 Å². The molecule has 0 rings (SSSR count). The van der Waals surface area contributed by atoms with Gasteiger partial charge in [0.1, 0.15) is 25.1 Å². The Kier molecular flexibility index (Phi) is 12.7. The van der Waals surface area contributed by atoms with Gasteiger partial charge in [-0.15, -0.1) is 0 Å². The molecule has 0 bridgehead atoms. The zero-order chi connectivity index (χ0) is 21.5. The number of amides is 4. The highest BCUT2D eigenvalue weighted by atomic mass is 16.6. The molecule has 160 valence electrons. The summed E-state index contributed by atoms with van der Waals surface area (Å²) in [6, 6.07) is 0. The maximum Gasteiger partial charge on any atom is 0.404 e. The lowest BCUT2D eigenvalue weighted by Crippen LogP contribution is -2.32. The Labute approximate surface area is 162 Å². The first kappa shape index (κ1) is 25.1. The second-order valence-electron chi connectivity index (χ2n) is 5.77. The topological polar surface area (TPSA) is 189 Å². The highest BCUT2D eigenvalue weighted by Gasteiger charge is 2.24. The molecule has 0 unspecified atom stereocenters. The summed E-state index contributed by atoms with van der Waals surface area (Å²) in [5.74, 6) is -1.68. The number of ether oxygens (including phenoxy) is 3. The molecule has 4 amide bonds. The molecule has 6 N–H and O–H groups in total. The van der Waals surface area contributed by atoms with Gasteiger partial charge >= 0.3 is 12.2 Å². The number of carbonyl (C=O) groups excluding carboxylic acids is 5. The smallest absolute Gasteiger partial charge is 0.404 e. The van der Waals surface area contributed by atoms with Crippen LogP contribution in [0.4, 0.5) is 9.59 Å². The highest BCUT2D eigenvalue weighted by Crippen LogP contribution is 2.14. The van der Waals surface area contributed by atoms with Gasteiger partial charge in [0.2, 0.25) is 11.8 Å². The van der Waals surface area contributed by atoms with Gasteiger partial charge in [-0.25, -0.2) is 9.59 Å². The quantitative estimate of drug-likeness (QED) is 0.260. The van der Waals surface area contributed by atoms with E-state index >= 15 is 0 Å². The number of Topliss-reactive ketones (excluding diaryl/α,β-unsaturated/α-hetero) is 1. The first-order chi connectivity index (χ1) is 13.2. The number of nitrogens with one attached hydrogen (secondary N) is 2. The number of carbonyl (C=O) groups is 5. The summed E-state index contributed by atoms with van der Waals surface area (Å²) in [7, 11) is 2.89. The molecule has 0 heterocycles. The molecule has 28 heavy (non-hydrogen) atoms. The molecule has 0 fully saturated rings. The first-order valence-electron chi connectivity index (χ1n) is 8.59.